The molecule has 0 bridgehead atoms. The van der Waals surface area contributed by atoms with Gasteiger partial charge >= 0.3 is 106 Å². The molecule has 2 nitrogen and oxygen atoms in total. The van der Waals surface area contributed by atoms with Crippen LogP contribution in [0.2, 0.25) is 0 Å². The first-order valence-electron chi connectivity index (χ1n) is 5.24. The SMILES string of the molecule is O=Cc1cc2ccc3ccccc3c2nc1[Se]. The third kappa shape index (κ3) is 1.64. The molecule has 17 heavy (non-hydrogen) atoms. The number of hydrogen-bond donors (Lipinski definition) is 0. The van der Waals surface area contributed by atoms with E-state index in [1.807, 2.05) is 36.4 Å². The summed E-state index contributed by atoms with van der Waals surface area (Å²) in [7, 11) is 0. The number of carbonyl (C=O) groups excluding carboxylic acids is 1. The Morgan fingerprint density at radius 1 is 1.06 bits per heavy atom. The second-order valence-corrected chi connectivity index (χ2v) is 4.67. The molecular formula is C14H8NOSe. The molecule has 0 N–H and O–H groups in total. The van der Waals surface area contributed by atoms with Crippen LogP contribution in [0, 0.1) is 0 Å². The average Bonchev–Trinajstić information content (AvgIpc) is 2.38. The first-order chi connectivity index (χ1) is 8.29. The Bertz CT molecular complexity index is 737. The molecule has 0 saturated carbocycles. The van der Waals surface area contributed by atoms with Crippen LogP contribution in [-0.4, -0.2) is 27.3 Å². The van der Waals surface area contributed by atoms with Crippen LogP contribution in [0.25, 0.3) is 21.7 Å². The van der Waals surface area contributed by atoms with E-state index in [4.69, 9.17) is 0 Å². The standard InChI is InChI=1S/C14H8NOSe/c16-8-11-7-10-6-5-9-3-1-2-4-12(9)13(10)15-14(11)17/h1-8H. The molecule has 1 heterocycles. The van der Waals surface area contributed by atoms with Crippen LogP contribution in [-0.2, 0) is 0 Å². The van der Waals surface area contributed by atoms with E-state index >= 15 is 0 Å². The van der Waals surface area contributed by atoms with Crippen LogP contribution in [0.5, 0.6) is 0 Å². The molecule has 1 aromatic heterocycles. The molecule has 0 fully saturated rings. The van der Waals surface area contributed by atoms with Gasteiger partial charge in [0.2, 0.25) is 0 Å². The van der Waals surface area contributed by atoms with Crippen molar-refractivity contribution in [2.24, 2.45) is 0 Å². The summed E-state index contributed by atoms with van der Waals surface area (Å²) >= 11 is 2.84. The third-order valence-corrected chi connectivity index (χ3v) is 3.52. The topological polar surface area (TPSA) is 30.0 Å². The van der Waals surface area contributed by atoms with Gasteiger partial charge in [-0.1, -0.05) is 0 Å². The number of rotatable bonds is 1. The Morgan fingerprint density at radius 3 is 2.65 bits per heavy atom. The summed E-state index contributed by atoms with van der Waals surface area (Å²) in [5.74, 6) is 0. The van der Waals surface area contributed by atoms with Crippen molar-refractivity contribution in [2.45, 2.75) is 0 Å². The van der Waals surface area contributed by atoms with Gasteiger partial charge in [-0.15, -0.1) is 0 Å². The molecule has 0 saturated heterocycles. The van der Waals surface area contributed by atoms with Crippen molar-refractivity contribution in [3.05, 3.63) is 48.0 Å². The molecule has 0 spiro atoms. The van der Waals surface area contributed by atoms with Crippen LogP contribution in [0.4, 0.5) is 0 Å². The molecular weight excluding hydrogens is 277 g/mol. The normalized spacial score (nSPS) is 10.8. The second-order valence-electron chi connectivity index (χ2n) is 3.86. The molecule has 3 heteroatoms. The van der Waals surface area contributed by atoms with Crippen molar-refractivity contribution >= 4 is 48.6 Å². The van der Waals surface area contributed by atoms with Crippen LogP contribution >= 0.6 is 0 Å². The van der Waals surface area contributed by atoms with Crippen molar-refractivity contribution in [3.63, 3.8) is 0 Å². The van der Waals surface area contributed by atoms with Gasteiger partial charge in [0.25, 0.3) is 0 Å². The summed E-state index contributed by atoms with van der Waals surface area (Å²) in [6, 6.07) is 14.0. The van der Waals surface area contributed by atoms with Gasteiger partial charge in [-0.3, -0.25) is 0 Å². The molecule has 0 amide bonds. The Hall–Kier alpha value is -1.70. The first kappa shape index (κ1) is 10.5. The van der Waals surface area contributed by atoms with Crippen LogP contribution < -0.4 is 4.59 Å². The van der Waals surface area contributed by atoms with E-state index in [0.717, 1.165) is 28.0 Å². The molecule has 81 valence electrons. The van der Waals surface area contributed by atoms with Crippen molar-refractivity contribution in [1.29, 1.82) is 0 Å². The summed E-state index contributed by atoms with van der Waals surface area (Å²) in [6.45, 7) is 0. The zero-order valence-electron chi connectivity index (χ0n) is 8.88. The number of aromatic nitrogens is 1. The van der Waals surface area contributed by atoms with Crippen molar-refractivity contribution in [2.75, 3.05) is 0 Å². The van der Waals surface area contributed by atoms with Gasteiger partial charge in [0, 0.05) is 0 Å². The van der Waals surface area contributed by atoms with E-state index in [1.165, 1.54) is 0 Å². The molecule has 0 aliphatic carbocycles. The maximum absolute atomic E-state index is 10.9. The Labute approximate surface area is 106 Å². The van der Waals surface area contributed by atoms with Gasteiger partial charge < -0.3 is 0 Å². The van der Waals surface area contributed by atoms with Gasteiger partial charge in [0.1, 0.15) is 0 Å². The van der Waals surface area contributed by atoms with E-state index in [2.05, 4.69) is 27.1 Å². The summed E-state index contributed by atoms with van der Waals surface area (Å²) in [5, 5.41) is 3.26. The van der Waals surface area contributed by atoms with Crippen molar-refractivity contribution in [1.82, 2.24) is 4.98 Å². The fraction of sp³-hybridized carbons (Fsp3) is 0. The van der Waals surface area contributed by atoms with Gasteiger partial charge in [-0.05, 0) is 0 Å². The van der Waals surface area contributed by atoms with E-state index < -0.39 is 0 Å². The number of aldehydes is 1. The van der Waals surface area contributed by atoms with Gasteiger partial charge in [0.05, 0.1) is 0 Å². The Balaban J connectivity index is 2.50. The van der Waals surface area contributed by atoms with E-state index in [0.29, 0.717) is 10.2 Å². The number of carbonyl (C=O) groups is 1. The van der Waals surface area contributed by atoms with Crippen molar-refractivity contribution in [3.8, 4) is 0 Å². The molecule has 3 aromatic rings. The zero-order chi connectivity index (χ0) is 11.8. The average molecular weight is 285 g/mol. The van der Waals surface area contributed by atoms with E-state index in [1.54, 1.807) is 0 Å². The molecule has 2 aromatic carbocycles. The summed E-state index contributed by atoms with van der Waals surface area (Å²) in [4.78, 5) is 15.4. The number of hydrogen-bond acceptors (Lipinski definition) is 2. The fourth-order valence-electron chi connectivity index (χ4n) is 1.99. The summed E-state index contributed by atoms with van der Waals surface area (Å²) in [5.41, 5.74) is 1.54. The van der Waals surface area contributed by atoms with Crippen LogP contribution in [0.15, 0.2) is 42.5 Å². The molecule has 0 aliphatic heterocycles. The van der Waals surface area contributed by atoms with Crippen molar-refractivity contribution < 1.29 is 4.79 Å². The quantitative estimate of drug-likeness (QED) is 0.389. The first-order valence-corrected chi connectivity index (χ1v) is 6.10. The summed E-state index contributed by atoms with van der Waals surface area (Å²) in [6.07, 6.45) is 0.827. The minimum absolute atomic E-state index is 0.604. The van der Waals surface area contributed by atoms with Gasteiger partial charge in [-0.25, -0.2) is 0 Å². The number of pyridine rings is 1. The molecule has 3 rings (SSSR count). The fourth-order valence-corrected chi connectivity index (χ4v) is 2.41. The van der Waals surface area contributed by atoms with Gasteiger partial charge in [-0.2, -0.15) is 0 Å². The predicted molar refractivity (Wildman–Crippen MR) is 70.0 cm³/mol. The van der Waals surface area contributed by atoms with Gasteiger partial charge in [0.15, 0.2) is 0 Å². The number of benzene rings is 2. The number of fused-ring (bicyclic) bond motifs is 3. The van der Waals surface area contributed by atoms with Crippen LogP contribution in [0.1, 0.15) is 10.4 Å². The van der Waals surface area contributed by atoms with E-state index in [9.17, 15) is 4.79 Å². The minimum atomic E-state index is 0.604. The van der Waals surface area contributed by atoms with E-state index in [-0.39, 0.29) is 0 Å². The molecule has 0 atom stereocenters. The molecule has 0 aliphatic rings. The molecule has 1 radical (unpaired) electrons. The third-order valence-electron chi connectivity index (χ3n) is 2.83. The summed E-state index contributed by atoms with van der Waals surface area (Å²) < 4.78 is 0.656. The molecule has 0 unspecified atom stereocenters. The monoisotopic (exact) mass is 286 g/mol. The second kappa shape index (κ2) is 3.95. The Kier molecular flexibility index (Phi) is 2.43. The predicted octanol–water partition coefficient (Wildman–Crippen LogP) is 1.99. The maximum atomic E-state index is 10.9. The zero-order valence-corrected chi connectivity index (χ0v) is 10.6. The van der Waals surface area contributed by atoms with Crippen LogP contribution in [0.3, 0.4) is 0 Å². The number of nitrogens with zero attached hydrogens (tertiary/aromatic N) is 1. The Morgan fingerprint density at radius 2 is 1.82 bits per heavy atom.